The SMILES string of the molecule is COc1ccc([C@@H](C)NC(=O)CCCN(c2cccc(C)c2C)S(C)(=O)=O)cc1. The van der Waals surface area contributed by atoms with Crippen LogP contribution in [0, 0.1) is 13.8 Å². The molecule has 0 unspecified atom stereocenters. The normalized spacial score (nSPS) is 12.3. The van der Waals surface area contributed by atoms with Crippen LogP contribution >= 0.6 is 0 Å². The van der Waals surface area contributed by atoms with Crippen LogP contribution in [0.1, 0.15) is 42.5 Å². The lowest BCUT2D eigenvalue weighted by molar-refractivity contribution is -0.121. The van der Waals surface area contributed by atoms with Gasteiger partial charge in [-0.2, -0.15) is 0 Å². The highest BCUT2D eigenvalue weighted by molar-refractivity contribution is 7.92. The highest BCUT2D eigenvalue weighted by Gasteiger charge is 2.20. The second-order valence-corrected chi connectivity index (χ2v) is 9.13. The maximum absolute atomic E-state index is 12.3. The predicted octanol–water partition coefficient (Wildman–Crippen LogP) is 3.74. The molecular weight excluding hydrogens is 388 g/mol. The van der Waals surface area contributed by atoms with Crippen LogP contribution in [0.4, 0.5) is 5.69 Å². The van der Waals surface area contributed by atoms with E-state index in [2.05, 4.69) is 5.32 Å². The minimum absolute atomic E-state index is 0.109. The Morgan fingerprint density at radius 3 is 2.38 bits per heavy atom. The van der Waals surface area contributed by atoms with Crippen LogP contribution in [-0.4, -0.2) is 34.2 Å². The van der Waals surface area contributed by atoms with E-state index >= 15 is 0 Å². The van der Waals surface area contributed by atoms with E-state index in [0.717, 1.165) is 22.4 Å². The summed E-state index contributed by atoms with van der Waals surface area (Å²) in [6, 6.07) is 13.0. The van der Waals surface area contributed by atoms with E-state index in [1.807, 2.05) is 57.2 Å². The lowest BCUT2D eigenvalue weighted by Crippen LogP contribution is -2.33. The molecule has 1 atom stereocenters. The molecule has 0 bridgehead atoms. The number of carbonyl (C=O) groups excluding carboxylic acids is 1. The van der Waals surface area contributed by atoms with Crippen molar-refractivity contribution in [3.8, 4) is 5.75 Å². The first-order valence-electron chi connectivity index (χ1n) is 9.60. The number of nitrogens with one attached hydrogen (secondary N) is 1. The first-order valence-corrected chi connectivity index (χ1v) is 11.5. The molecule has 0 radical (unpaired) electrons. The number of carbonyl (C=O) groups is 1. The van der Waals surface area contributed by atoms with Crippen LogP contribution < -0.4 is 14.4 Å². The first kappa shape index (κ1) is 22.7. The Balaban J connectivity index is 1.96. The van der Waals surface area contributed by atoms with Crippen molar-refractivity contribution in [2.75, 3.05) is 24.2 Å². The molecule has 0 fully saturated rings. The third-order valence-electron chi connectivity index (χ3n) is 5.00. The lowest BCUT2D eigenvalue weighted by Gasteiger charge is -2.25. The van der Waals surface area contributed by atoms with E-state index in [-0.39, 0.29) is 24.9 Å². The average molecular weight is 419 g/mol. The fourth-order valence-corrected chi connectivity index (χ4v) is 4.16. The van der Waals surface area contributed by atoms with E-state index in [1.165, 1.54) is 10.6 Å². The number of amides is 1. The van der Waals surface area contributed by atoms with Crippen molar-refractivity contribution < 1.29 is 17.9 Å². The molecule has 0 aliphatic carbocycles. The van der Waals surface area contributed by atoms with Crippen LogP contribution in [0.5, 0.6) is 5.75 Å². The van der Waals surface area contributed by atoms with E-state index in [9.17, 15) is 13.2 Å². The summed E-state index contributed by atoms with van der Waals surface area (Å²) in [5.74, 6) is 0.655. The fraction of sp³-hybridized carbons (Fsp3) is 0.409. The Morgan fingerprint density at radius 1 is 1.14 bits per heavy atom. The zero-order valence-corrected chi connectivity index (χ0v) is 18.5. The van der Waals surface area contributed by atoms with Gasteiger partial charge in [-0.1, -0.05) is 24.3 Å². The molecule has 7 heteroatoms. The first-order chi connectivity index (χ1) is 13.6. The van der Waals surface area contributed by atoms with Crippen LogP contribution in [0.15, 0.2) is 42.5 Å². The van der Waals surface area contributed by atoms with Gasteiger partial charge in [0, 0.05) is 13.0 Å². The minimum Gasteiger partial charge on any atom is -0.497 e. The van der Waals surface area contributed by atoms with E-state index in [4.69, 9.17) is 4.74 Å². The average Bonchev–Trinajstić information content (AvgIpc) is 2.67. The van der Waals surface area contributed by atoms with Gasteiger partial charge in [-0.3, -0.25) is 9.10 Å². The number of hydrogen-bond acceptors (Lipinski definition) is 4. The van der Waals surface area contributed by atoms with Crippen molar-refractivity contribution in [1.29, 1.82) is 0 Å². The van der Waals surface area contributed by atoms with Gasteiger partial charge in [-0.05, 0) is 62.1 Å². The number of benzene rings is 2. The summed E-state index contributed by atoms with van der Waals surface area (Å²) in [7, 11) is -1.83. The van der Waals surface area contributed by atoms with Crippen molar-refractivity contribution in [2.45, 2.75) is 39.7 Å². The number of ether oxygens (including phenoxy) is 1. The van der Waals surface area contributed by atoms with Gasteiger partial charge in [-0.25, -0.2) is 8.42 Å². The number of sulfonamides is 1. The molecule has 0 saturated heterocycles. The van der Waals surface area contributed by atoms with Gasteiger partial charge in [0.05, 0.1) is 25.1 Å². The molecule has 2 aromatic rings. The summed E-state index contributed by atoms with van der Waals surface area (Å²) < 4.78 is 31.1. The molecule has 158 valence electrons. The maximum atomic E-state index is 12.3. The predicted molar refractivity (Wildman–Crippen MR) is 117 cm³/mol. The molecule has 0 heterocycles. The van der Waals surface area contributed by atoms with Gasteiger partial charge in [0.2, 0.25) is 15.9 Å². The molecule has 0 spiro atoms. The molecule has 1 amide bonds. The largest absolute Gasteiger partial charge is 0.497 e. The summed E-state index contributed by atoms with van der Waals surface area (Å²) in [5, 5.41) is 2.96. The van der Waals surface area contributed by atoms with Crippen molar-refractivity contribution in [3.05, 3.63) is 59.2 Å². The highest BCUT2D eigenvalue weighted by Crippen LogP contribution is 2.25. The topological polar surface area (TPSA) is 75.7 Å². The molecule has 6 nitrogen and oxygen atoms in total. The second kappa shape index (κ2) is 9.78. The third-order valence-corrected chi connectivity index (χ3v) is 6.18. The molecule has 2 aromatic carbocycles. The molecule has 2 rings (SSSR count). The zero-order valence-electron chi connectivity index (χ0n) is 17.7. The second-order valence-electron chi connectivity index (χ2n) is 7.22. The number of aryl methyl sites for hydroxylation is 1. The van der Waals surface area contributed by atoms with E-state index in [0.29, 0.717) is 12.1 Å². The number of hydrogen-bond donors (Lipinski definition) is 1. The number of nitrogens with zero attached hydrogens (tertiary/aromatic N) is 1. The number of anilines is 1. The Hall–Kier alpha value is -2.54. The number of rotatable bonds is 9. The molecular formula is C22H30N2O4S. The molecule has 1 N–H and O–H groups in total. The van der Waals surface area contributed by atoms with E-state index < -0.39 is 10.0 Å². The monoisotopic (exact) mass is 418 g/mol. The highest BCUT2D eigenvalue weighted by atomic mass is 32.2. The Kier molecular flexibility index (Phi) is 7.67. The quantitative estimate of drug-likeness (QED) is 0.673. The molecule has 0 saturated carbocycles. The minimum atomic E-state index is -3.44. The van der Waals surface area contributed by atoms with Gasteiger partial charge >= 0.3 is 0 Å². The van der Waals surface area contributed by atoms with Crippen molar-refractivity contribution in [2.24, 2.45) is 0 Å². The lowest BCUT2D eigenvalue weighted by atomic mass is 10.1. The molecule has 29 heavy (non-hydrogen) atoms. The summed E-state index contributed by atoms with van der Waals surface area (Å²) in [4.78, 5) is 12.3. The number of methoxy groups -OCH3 is 1. The van der Waals surface area contributed by atoms with Crippen LogP contribution in [0.3, 0.4) is 0 Å². The zero-order chi connectivity index (χ0) is 21.6. The van der Waals surface area contributed by atoms with Gasteiger partial charge in [0.1, 0.15) is 5.75 Å². The Morgan fingerprint density at radius 2 is 1.79 bits per heavy atom. The molecule has 0 aliphatic heterocycles. The summed E-state index contributed by atoms with van der Waals surface area (Å²) in [6.07, 6.45) is 1.87. The third kappa shape index (κ3) is 6.22. The summed E-state index contributed by atoms with van der Waals surface area (Å²) in [5.41, 5.74) is 3.60. The van der Waals surface area contributed by atoms with Crippen LogP contribution in [0.2, 0.25) is 0 Å². The maximum Gasteiger partial charge on any atom is 0.232 e. The summed E-state index contributed by atoms with van der Waals surface area (Å²) >= 11 is 0. The van der Waals surface area contributed by atoms with E-state index in [1.54, 1.807) is 13.2 Å². The standard InChI is InChI=1S/C22H30N2O4S/c1-16-8-6-9-21(17(16)2)24(29(5,26)27)15-7-10-22(25)23-18(3)19-11-13-20(28-4)14-12-19/h6,8-9,11-14,18H,7,10,15H2,1-5H3,(H,23,25)/t18-/m1/s1. The van der Waals surface area contributed by atoms with Crippen molar-refractivity contribution in [1.82, 2.24) is 5.32 Å². The van der Waals surface area contributed by atoms with Crippen molar-refractivity contribution >= 4 is 21.6 Å². The van der Waals surface area contributed by atoms with Gasteiger partial charge < -0.3 is 10.1 Å². The molecule has 0 aromatic heterocycles. The smallest absolute Gasteiger partial charge is 0.232 e. The van der Waals surface area contributed by atoms with Gasteiger partial charge in [0.25, 0.3) is 0 Å². The Labute approximate surface area is 173 Å². The fourth-order valence-electron chi connectivity index (χ4n) is 3.14. The van der Waals surface area contributed by atoms with Crippen LogP contribution in [0.25, 0.3) is 0 Å². The summed E-state index contributed by atoms with van der Waals surface area (Å²) in [6.45, 7) is 6.03. The van der Waals surface area contributed by atoms with Gasteiger partial charge in [0.15, 0.2) is 0 Å². The molecule has 0 aliphatic rings. The van der Waals surface area contributed by atoms with Gasteiger partial charge in [-0.15, -0.1) is 0 Å². The Bertz CT molecular complexity index is 940. The van der Waals surface area contributed by atoms with Crippen molar-refractivity contribution in [3.63, 3.8) is 0 Å². The van der Waals surface area contributed by atoms with Crippen LogP contribution in [-0.2, 0) is 14.8 Å².